The first-order valence-corrected chi connectivity index (χ1v) is 9.14. The smallest absolute Gasteiger partial charge is 0.329 e. The molecule has 0 unspecified atom stereocenters. The lowest BCUT2D eigenvalue weighted by Crippen LogP contribution is -2.47. The van der Waals surface area contributed by atoms with Gasteiger partial charge in [-0.25, -0.2) is 0 Å². The van der Waals surface area contributed by atoms with Gasteiger partial charge in [0.1, 0.15) is 0 Å². The normalized spacial score (nSPS) is 15.1. The van der Waals surface area contributed by atoms with Crippen LogP contribution in [0.2, 0.25) is 5.02 Å². The quantitative estimate of drug-likeness (QED) is 0.702. The number of nitrogens with zero attached hydrogens (tertiary/aromatic N) is 2. The van der Waals surface area contributed by atoms with Crippen molar-refractivity contribution in [1.82, 2.24) is 9.80 Å². The van der Waals surface area contributed by atoms with E-state index in [0.717, 1.165) is 23.3 Å². The fraction of sp³-hybridized carbons (Fsp3) is 0.286. The van der Waals surface area contributed by atoms with Crippen LogP contribution in [0, 0.1) is 11.8 Å². The van der Waals surface area contributed by atoms with Crippen molar-refractivity contribution in [2.75, 3.05) is 26.2 Å². The maximum Gasteiger partial charge on any atom is 0.416 e. The number of alkyl halides is 3. The van der Waals surface area contributed by atoms with E-state index < -0.39 is 11.7 Å². The Morgan fingerprint density at radius 1 is 0.964 bits per heavy atom. The first-order chi connectivity index (χ1) is 13.3. The standard InChI is InChI=1S/C21H18ClF3N2O/c22-19-8-3-16(4-9-19)5-10-20(28)27-13-11-26(12-14-27)15-17-1-6-18(7-2-17)21(23,24)25/h1-4,6-9H,11-15H2. The Kier molecular flexibility index (Phi) is 6.28. The van der Waals surface area contributed by atoms with Gasteiger partial charge in [0.05, 0.1) is 5.56 Å². The van der Waals surface area contributed by atoms with E-state index in [1.807, 2.05) is 0 Å². The van der Waals surface area contributed by atoms with Crippen LogP contribution < -0.4 is 0 Å². The summed E-state index contributed by atoms with van der Waals surface area (Å²) in [5.41, 5.74) is 0.889. The summed E-state index contributed by atoms with van der Waals surface area (Å²) in [6.45, 7) is 2.92. The molecule has 3 nitrogen and oxygen atoms in total. The van der Waals surface area contributed by atoms with Gasteiger partial charge < -0.3 is 4.90 Å². The summed E-state index contributed by atoms with van der Waals surface area (Å²) in [5.74, 6) is 5.24. The molecule has 0 spiro atoms. The number of halogens is 4. The van der Waals surface area contributed by atoms with E-state index in [-0.39, 0.29) is 5.91 Å². The molecule has 7 heteroatoms. The molecule has 1 saturated heterocycles. The van der Waals surface area contributed by atoms with Gasteiger partial charge in [0.2, 0.25) is 0 Å². The highest BCUT2D eigenvalue weighted by Gasteiger charge is 2.30. The van der Waals surface area contributed by atoms with Gasteiger partial charge in [-0.15, -0.1) is 0 Å². The van der Waals surface area contributed by atoms with Gasteiger partial charge in [-0.05, 0) is 42.0 Å². The van der Waals surface area contributed by atoms with Crippen LogP contribution in [0.4, 0.5) is 13.2 Å². The van der Waals surface area contributed by atoms with Crippen molar-refractivity contribution in [3.8, 4) is 11.8 Å². The fourth-order valence-electron chi connectivity index (χ4n) is 2.90. The van der Waals surface area contributed by atoms with E-state index >= 15 is 0 Å². The molecule has 1 amide bonds. The molecule has 0 aliphatic carbocycles. The monoisotopic (exact) mass is 406 g/mol. The molecule has 28 heavy (non-hydrogen) atoms. The van der Waals surface area contributed by atoms with Crippen LogP contribution in [-0.2, 0) is 17.5 Å². The molecule has 0 saturated carbocycles. The van der Waals surface area contributed by atoms with Crippen LogP contribution in [-0.4, -0.2) is 41.9 Å². The Hall–Kier alpha value is -2.49. The molecule has 2 aromatic carbocycles. The molecule has 1 fully saturated rings. The molecule has 1 aliphatic heterocycles. The average Bonchev–Trinajstić information content (AvgIpc) is 2.67. The third-order valence-electron chi connectivity index (χ3n) is 4.50. The van der Waals surface area contributed by atoms with Gasteiger partial charge >= 0.3 is 6.18 Å². The second-order valence-electron chi connectivity index (χ2n) is 6.52. The van der Waals surface area contributed by atoms with Crippen LogP contribution in [0.5, 0.6) is 0 Å². The zero-order valence-corrected chi connectivity index (χ0v) is 15.7. The van der Waals surface area contributed by atoms with E-state index in [0.29, 0.717) is 37.7 Å². The van der Waals surface area contributed by atoms with Crippen molar-refractivity contribution in [2.45, 2.75) is 12.7 Å². The number of hydrogen-bond acceptors (Lipinski definition) is 2. The summed E-state index contributed by atoms with van der Waals surface area (Å²) < 4.78 is 37.9. The highest BCUT2D eigenvalue weighted by atomic mass is 35.5. The van der Waals surface area contributed by atoms with Crippen molar-refractivity contribution < 1.29 is 18.0 Å². The number of hydrogen-bond donors (Lipinski definition) is 0. The lowest BCUT2D eigenvalue weighted by molar-refractivity contribution is -0.137. The van der Waals surface area contributed by atoms with Crippen molar-refractivity contribution in [3.05, 3.63) is 70.2 Å². The molecule has 1 aliphatic rings. The van der Waals surface area contributed by atoms with Crippen LogP contribution in [0.15, 0.2) is 48.5 Å². The molecule has 0 aromatic heterocycles. The third kappa shape index (κ3) is 5.51. The summed E-state index contributed by atoms with van der Waals surface area (Å²) in [4.78, 5) is 16.0. The maximum absolute atomic E-state index is 12.6. The van der Waals surface area contributed by atoms with Crippen molar-refractivity contribution in [3.63, 3.8) is 0 Å². The van der Waals surface area contributed by atoms with Gasteiger partial charge in [0.25, 0.3) is 5.91 Å². The SMILES string of the molecule is O=C(C#Cc1ccc(Cl)cc1)N1CCN(Cc2ccc(C(F)(F)F)cc2)CC1. The van der Waals surface area contributed by atoms with Gasteiger partial charge in [0, 0.05) is 49.2 Å². The molecule has 0 atom stereocenters. The molecule has 0 bridgehead atoms. The second-order valence-corrected chi connectivity index (χ2v) is 6.96. The lowest BCUT2D eigenvalue weighted by atomic mass is 10.1. The summed E-state index contributed by atoms with van der Waals surface area (Å²) >= 11 is 5.82. The minimum atomic E-state index is -4.32. The third-order valence-corrected chi connectivity index (χ3v) is 4.76. The highest BCUT2D eigenvalue weighted by molar-refractivity contribution is 6.30. The van der Waals surface area contributed by atoms with E-state index in [1.54, 1.807) is 29.2 Å². The van der Waals surface area contributed by atoms with Crippen LogP contribution in [0.1, 0.15) is 16.7 Å². The number of rotatable bonds is 2. The molecular weight excluding hydrogens is 389 g/mol. The largest absolute Gasteiger partial charge is 0.416 e. The zero-order valence-electron chi connectivity index (χ0n) is 15.0. The maximum atomic E-state index is 12.6. The number of carbonyl (C=O) groups is 1. The number of piperazine rings is 1. The first-order valence-electron chi connectivity index (χ1n) is 8.76. The minimum absolute atomic E-state index is 0.232. The Bertz CT molecular complexity index is 875. The summed E-state index contributed by atoms with van der Waals surface area (Å²) in [6.07, 6.45) is -4.32. The molecular formula is C21H18ClF3N2O. The Labute approximate surface area is 166 Å². The summed E-state index contributed by atoms with van der Waals surface area (Å²) in [5, 5.41) is 0.612. The topological polar surface area (TPSA) is 23.6 Å². The predicted molar refractivity (Wildman–Crippen MR) is 102 cm³/mol. The van der Waals surface area contributed by atoms with Crippen LogP contribution in [0.25, 0.3) is 0 Å². The summed E-state index contributed by atoms with van der Waals surface area (Å²) in [6, 6.07) is 12.1. The lowest BCUT2D eigenvalue weighted by Gasteiger charge is -2.33. The Morgan fingerprint density at radius 2 is 1.57 bits per heavy atom. The zero-order chi connectivity index (χ0) is 20.1. The van der Waals surface area contributed by atoms with E-state index in [2.05, 4.69) is 16.7 Å². The second kappa shape index (κ2) is 8.68. The van der Waals surface area contributed by atoms with Crippen molar-refractivity contribution in [2.24, 2.45) is 0 Å². The molecule has 2 aromatic rings. The van der Waals surface area contributed by atoms with Crippen LogP contribution >= 0.6 is 11.6 Å². The minimum Gasteiger partial charge on any atom is -0.329 e. The van der Waals surface area contributed by atoms with E-state index in [9.17, 15) is 18.0 Å². The summed E-state index contributed by atoms with van der Waals surface area (Å²) in [7, 11) is 0. The van der Waals surface area contributed by atoms with E-state index in [1.165, 1.54) is 12.1 Å². The van der Waals surface area contributed by atoms with Gasteiger partial charge in [-0.2, -0.15) is 13.2 Å². The number of amides is 1. The van der Waals surface area contributed by atoms with Crippen molar-refractivity contribution in [1.29, 1.82) is 0 Å². The van der Waals surface area contributed by atoms with Crippen LogP contribution in [0.3, 0.4) is 0 Å². The van der Waals surface area contributed by atoms with Gasteiger partial charge in [-0.3, -0.25) is 9.69 Å². The predicted octanol–water partition coefficient (Wildman–Crippen LogP) is 4.05. The molecule has 146 valence electrons. The molecule has 1 heterocycles. The molecule has 0 N–H and O–H groups in total. The average molecular weight is 407 g/mol. The number of benzene rings is 2. The Balaban J connectivity index is 1.50. The molecule has 3 rings (SSSR count). The first kappa shape index (κ1) is 20.2. The van der Waals surface area contributed by atoms with Crippen molar-refractivity contribution >= 4 is 17.5 Å². The fourth-order valence-corrected chi connectivity index (χ4v) is 3.03. The van der Waals surface area contributed by atoms with Gasteiger partial charge in [0.15, 0.2) is 0 Å². The van der Waals surface area contributed by atoms with E-state index in [4.69, 9.17) is 11.6 Å². The van der Waals surface area contributed by atoms with Gasteiger partial charge in [-0.1, -0.05) is 29.7 Å². The Morgan fingerprint density at radius 3 is 2.14 bits per heavy atom. The molecule has 0 radical (unpaired) electrons. The highest BCUT2D eigenvalue weighted by Crippen LogP contribution is 2.29. The number of carbonyl (C=O) groups excluding carboxylic acids is 1.